The van der Waals surface area contributed by atoms with Gasteiger partial charge in [0.15, 0.2) is 0 Å². The van der Waals surface area contributed by atoms with E-state index in [2.05, 4.69) is 5.10 Å². The Morgan fingerprint density at radius 3 is 2.62 bits per heavy atom. The third-order valence-corrected chi connectivity index (χ3v) is 4.91. The number of fused-ring (bicyclic) bond motifs is 1. The number of hydrogen-bond acceptors (Lipinski definition) is 3. The van der Waals surface area contributed by atoms with Crippen LogP contribution in [0.1, 0.15) is 18.1 Å². The molecule has 0 N–H and O–H groups in total. The molecule has 0 aliphatic carbocycles. The minimum Gasteiger partial charge on any atom is -0.495 e. The molecule has 1 heterocycles. The van der Waals surface area contributed by atoms with Crippen LogP contribution in [-0.2, 0) is 6.42 Å². The molecule has 0 unspecified atom stereocenters. The summed E-state index contributed by atoms with van der Waals surface area (Å²) in [5.74, 6) is 0.615. The lowest BCUT2D eigenvalue weighted by Crippen LogP contribution is -2.43. The summed E-state index contributed by atoms with van der Waals surface area (Å²) in [4.78, 5) is 14.5. The van der Waals surface area contributed by atoms with Gasteiger partial charge in [-0.05, 0) is 60.9 Å². The molecule has 3 rings (SSSR count). The first-order valence-corrected chi connectivity index (χ1v) is 8.89. The number of nitrogens with zero attached hydrogens (tertiary/aromatic N) is 3. The summed E-state index contributed by atoms with van der Waals surface area (Å²) in [6, 6.07) is 10.5. The van der Waals surface area contributed by atoms with E-state index in [1.54, 1.807) is 49.5 Å². The zero-order chi connectivity index (χ0) is 18.8. The highest BCUT2D eigenvalue weighted by molar-refractivity contribution is 6.32. The number of benzene rings is 2. The number of urea groups is 1. The minimum absolute atomic E-state index is 0.124. The standard InChI is InChI=1S/C19H19Cl2N3O2/c1-12-8-13-10-18(26-3)17(21)9-14(13)11-22-24(12)19(25)23(2)16-6-4-15(20)5-7-16/h4-7,9-12H,8H2,1-3H3/t12-/m0/s1. The Hall–Kier alpha value is -2.24. The molecule has 2 aromatic rings. The van der Waals surface area contributed by atoms with E-state index in [9.17, 15) is 4.79 Å². The summed E-state index contributed by atoms with van der Waals surface area (Å²) in [5, 5.41) is 7.02. The molecule has 1 aliphatic rings. The molecule has 0 spiro atoms. The van der Waals surface area contributed by atoms with Gasteiger partial charge in [-0.1, -0.05) is 23.2 Å². The normalized spacial score (nSPS) is 16.0. The van der Waals surface area contributed by atoms with E-state index in [1.165, 1.54) is 5.01 Å². The Bertz CT molecular complexity index is 853. The number of halogens is 2. The van der Waals surface area contributed by atoms with Crippen molar-refractivity contribution in [3.05, 3.63) is 57.6 Å². The molecule has 0 saturated carbocycles. The number of hydrazone groups is 1. The first-order valence-electron chi connectivity index (χ1n) is 8.13. The maximum atomic E-state index is 12.9. The highest BCUT2D eigenvalue weighted by atomic mass is 35.5. The largest absolute Gasteiger partial charge is 0.495 e. The predicted molar refractivity (Wildman–Crippen MR) is 106 cm³/mol. The number of carbonyl (C=O) groups is 1. The molecule has 26 heavy (non-hydrogen) atoms. The van der Waals surface area contributed by atoms with Crippen LogP contribution >= 0.6 is 23.2 Å². The average Bonchev–Trinajstić information content (AvgIpc) is 2.78. The van der Waals surface area contributed by atoms with Crippen molar-refractivity contribution in [1.29, 1.82) is 0 Å². The third-order valence-electron chi connectivity index (χ3n) is 4.36. The molecule has 2 aromatic carbocycles. The minimum atomic E-state index is -0.220. The fourth-order valence-electron chi connectivity index (χ4n) is 2.87. The van der Waals surface area contributed by atoms with Crippen LogP contribution in [0.25, 0.3) is 0 Å². The molecule has 5 nitrogen and oxygen atoms in total. The van der Waals surface area contributed by atoms with Crippen LogP contribution in [-0.4, -0.2) is 37.5 Å². The molecule has 136 valence electrons. The van der Waals surface area contributed by atoms with Crippen LogP contribution in [0.2, 0.25) is 10.0 Å². The molecule has 0 bridgehead atoms. The van der Waals surface area contributed by atoms with Crippen molar-refractivity contribution in [3.8, 4) is 5.75 Å². The zero-order valence-electron chi connectivity index (χ0n) is 14.7. The number of amides is 2. The van der Waals surface area contributed by atoms with Gasteiger partial charge >= 0.3 is 6.03 Å². The molecular formula is C19H19Cl2N3O2. The number of rotatable bonds is 2. The molecule has 0 fully saturated rings. The molecule has 7 heteroatoms. The molecule has 1 aliphatic heterocycles. The lowest BCUT2D eigenvalue weighted by Gasteiger charge is -2.28. The predicted octanol–water partition coefficient (Wildman–Crippen LogP) is 4.84. The second kappa shape index (κ2) is 7.56. The zero-order valence-corrected chi connectivity index (χ0v) is 16.3. The van der Waals surface area contributed by atoms with Gasteiger partial charge in [0.25, 0.3) is 0 Å². The van der Waals surface area contributed by atoms with Gasteiger partial charge in [-0.25, -0.2) is 9.80 Å². The Morgan fingerprint density at radius 1 is 1.27 bits per heavy atom. The average molecular weight is 392 g/mol. The lowest BCUT2D eigenvalue weighted by atomic mass is 10.0. The topological polar surface area (TPSA) is 45.1 Å². The first-order chi connectivity index (χ1) is 12.4. The van der Waals surface area contributed by atoms with Gasteiger partial charge in [0.2, 0.25) is 0 Å². The number of ether oxygens (including phenoxy) is 1. The van der Waals surface area contributed by atoms with Crippen molar-refractivity contribution in [2.75, 3.05) is 19.1 Å². The number of carbonyl (C=O) groups excluding carboxylic acids is 1. The van der Waals surface area contributed by atoms with Crippen molar-refractivity contribution in [2.24, 2.45) is 5.10 Å². The lowest BCUT2D eigenvalue weighted by molar-refractivity contribution is 0.190. The number of hydrogen-bond donors (Lipinski definition) is 0. The van der Waals surface area contributed by atoms with E-state index in [-0.39, 0.29) is 12.1 Å². The molecule has 0 aromatic heterocycles. The quantitative estimate of drug-likeness (QED) is 0.734. The van der Waals surface area contributed by atoms with Gasteiger partial charge in [-0.3, -0.25) is 4.90 Å². The maximum Gasteiger partial charge on any atom is 0.344 e. The second-order valence-corrected chi connectivity index (χ2v) is 6.99. The van der Waals surface area contributed by atoms with Crippen LogP contribution in [0, 0.1) is 0 Å². The fraction of sp³-hybridized carbons (Fsp3) is 0.263. The number of methoxy groups -OCH3 is 1. The summed E-state index contributed by atoms with van der Waals surface area (Å²) in [6.45, 7) is 1.96. The first kappa shape index (κ1) is 18.5. The highest BCUT2D eigenvalue weighted by Gasteiger charge is 2.27. The van der Waals surface area contributed by atoms with Gasteiger partial charge in [-0.15, -0.1) is 0 Å². The molecule has 2 amide bonds. The van der Waals surface area contributed by atoms with Crippen LogP contribution in [0.4, 0.5) is 10.5 Å². The van der Waals surface area contributed by atoms with E-state index in [1.807, 2.05) is 19.1 Å². The van der Waals surface area contributed by atoms with E-state index >= 15 is 0 Å². The molecular weight excluding hydrogens is 373 g/mol. The van der Waals surface area contributed by atoms with Crippen LogP contribution in [0.5, 0.6) is 5.75 Å². The fourth-order valence-corrected chi connectivity index (χ4v) is 3.25. The van der Waals surface area contributed by atoms with Crippen LogP contribution < -0.4 is 9.64 Å². The van der Waals surface area contributed by atoms with E-state index in [0.29, 0.717) is 22.2 Å². The van der Waals surface area contributed by atoms with Gasteiger partial charge in [0.05, 0.1) is 24.4 Å². The summed E-state index contributed by atoms with van der Waals surface area (Å²) in [6.07, 6.45) is 2.31. The smallest absolute Gasteiger partial charge is 0.344 e. The monoisotopic (exact) mass is 391 g/mol. The van der Waals surface area contributed by atoms with E-state index in [0.717, 1.165) is 16.8 Å². The SMILES string of the molecule is COc1cc2c(cc1Cl)C=NN(C(=O)N(C)c1ccc(Cl)cc1)[C@@H](C)C2. The summed E-state index contributed by atoms with van der Waals surface area (Å²) in [7, 11) is 3.30. The number of anilines is 1. The van der Waals surface area contributed by atoms with Crippen molar-refractivity contribution >= 4 is 41.1 Å². The third kappa shape index (κ3) is 3.64. The molecule has 0 saturated heterocycles. The summed E-state index contributed by atoms with van der Waals surface area (Å²) in [5.41, 5.74) is 2.66. The highest BCUT2D eigenvalue weighted by Crippen LogP contribution is 2.30. The van der Waals surface area contributed by atoms with Crippen LogP contribution in [0.3, 0.4) is 0 Å². The Labute approximate surface area is 162 Å². The van der Waals surface area contributed by atoms with Gasteiger partial charge in [0, 0.05) is 17.8 Å². The van der Waals surface area contributed by atoms with Crippen molar-refractivity contribution < 1.29 is 9.53 Å². The van der Waals surface area contributed by atoms with Gasteiger partial charge in [-0.2, -0.15) is 5.10 Å². The van der Waals surface area contributed by atoms with Crippen molar-refractivity contribution in [3.63, 3.8) is 0 Å². The van der Waals surface area contributed by atoms with E-state index in [4.69, 9.17) is 27.9 Å². The van der Waals surface area contributed by atoms with Gasteiger partial charge < -0.3 is 4.74 Å². The Kier molecular flexibility index (Phi) is 5.39. The van der Waals surface area contributed by atoms with E-state index < -0.39 is 0 Å². The Balaban J connectivity index is 1.86. The van der Waals surface area contributed by atoms with Gasteiger partial charge in [0.1, 0.15) is 5.75 Å². The van der Waals surface area contributed by atoms with Crippen molar-refractivity contribution in [1.82, 2.24) is 5.01 Å². The molecule has 0 radical (unpaired) electrons. The summed E-state index contributed by atoms with van der Waals surface area (Å²) < 4.78 is 5.29. The Morgan fingerprint density at radius 2 is 1.96 bits per heavy atom. The maximum absolute atomic E-state index is 12.9. The van der Waals surface area contributed by atoms with Crippen molar-refractivity contribution in [2.45, 2.75) is 19.4 Å². The molecule has 1 atom stereocenters. The second-order valence-electron chi connectivity index (χ2n) is 6.15. The summed E-state index contributed by atoms with van der Waals surface area (Å²) >= 11 is 12.1. The van der Waals surface area contributed by atoms with Crippen LogP contribution in [0.15, 0.2) is 41.5 Å².